The lowest BCUT2D eigenvalue weighted by Crippen LogP contribution is -2.14. The fourth-order valence-electron chi connectivity index (χ4n) is 1.26. The normalized spacial score (nSPS) is 11.7. The Morgan fingerprint density at radius 3 is 2.00 bits per heavy atom. The quantitative estimate of drug-likeness (QED) is 0.504. The van der Waals surface area contributed by atoms with Crippen molar-refractivity contribution < 1.29 is 17.6 Å². The van der Waals surface area contributed by atoms with E-state index >= 15 is 0 Å². The molecule has 0 saturated heterocycles. The van der Waals surface area contributed by atoms with Gasteiger partial charge in [-0.25, -0.2) is 17.6 Å². The molecular formula is C12H15F4NS. The van der Waals surface area contributed by atoms with Gasteiger partial charge in [-0.2, -0.15) is 11.8 Å². The molecule has 18 heavy (non-hydrogen) atoms. The summed E-state index contributed by atoms with van der Waals surface area (Å²) in [5.41, 5.74) is -0.748. The number of anilines is 1. The van der Waals surface area contributed by atoms with E-state index < -0.39 is 29.0 Å². The molecule has 102 valence electrons. The number of hydrogen-bond acceptors (Lipinski definition) is 2. The Balaban J connectivity index is 2.68. The van der Waals surface area contributed by atoms with Crippen LogP contribution in [0.1, 0.15) is 20.8 Å². The standard InChI is InChI=1S/C12H15F4NS/c1-12(2,3)18-5-4-17-11-9(15)7(13)6-8(14)10(11)16/h6,17H,4-5H2,1-3H3. The maximum atomic E-state index is 13.3. The van der Waals surface area contributed by atoms with Crippen LogP contribution in [0.2, 0.25) is 0 Å². The Kier molecular flexibility index (Phi) is 4.90. The second-order valence-electron chi connectivity index (χ2n) is 4.73. The van der Waals surface area contributed by atoms with Gasteiger partial charge in [0.05, 0.1) is 0 Å². The first-order valence-corrected chi connectivity index (χ1v) is 6.42. The third kappa shape index (κ3) is 4.08. The molecule has 1 rings (SSSR count). The van der Waals surface area contributed by atoms with E-state index in [0.717, 1.165) is 0 Å². The number of rotatable bonds is 4. The average Bonchev–Trinajstić information content (AvgIpc) is 2.24. The Morgan fingerprint density at radius 1 is 1.06 bits per heavy atom. The van der Waals surface area contributed by atoms with Gasteiger partial charge in [0.1, 0.15) is 5.69 Å². The summed E-state index contributed by atoms with van der Waals surface area (Å²) in [5, 5.41) is 2.38. The molecule has 0 aromatic heterocycles. The number of thioether (sulfide) groups is 1. The molecule has 0 fully saturated rings. The minimum atomic E-state index is -1.40. The monoisotopic (exact) mass is 281 g/mol. The molecule has 0 atom stereocenters. The van der Waals surface area contributed by atoms with Crippen LogP contribution in [0, 0.1) is 23.3 Å². The second kappa shape index (κ2) is 5.82. The van der Waals surface area contributed by atoms with E-state index in [4.69, 9.17) is 0 Å². The smallest absolute Gasteiger partial charge is 0.185 e. The zero-order valence-electron chi connectivity index (χ0n) is 10.4. The Hall–Kier alpha value is -0.910. The van der Waals surface area contributed by atoms with Crippen molar-refractivity contribution in [3.63, 3.8) is 0 Å². The highest BCUT2D eigenvalue weighted by Gasteiger charge is 2.18. The van der Waals surface area contributed by atoms with Gasteiger partial charge < -0.3 is 5.32 Å². The van der Waals surface area contributed by atoms with E-state index in [1.54, 1.807) is 11.8 Å². The Morgan fingerprint density at radius 2 is 1.56 bits per heavy atom. The zero-order chi connectivity index (χ0) is 13.9. The Labute approximate surface area is 108 Å². The van der Waals surface area contributed by atoms with E-state index in [0.29, 0.717) is 5.75 Å². The highest BCUT2D eigenvalue weighted by Crippen LogP contribution is 2.25. The number of hydrogen-bond donors (Lipinski definition) is 1. The van der Waals surface area contributed by atoms with Gasteiger partial charge in [0.2, 0.25) is 0 Å². The average molecular weight is 281 g/mol. The zero-order valence-corrected chi connectivity index (χ0v) is 11.2. The van der Waals surface area contributed by atoms with Crippen molar-refractivity contribution >= 4 is 17.4 Å². The molecule has 6 heteroatoms. The van der Waals surface area contributed by atoms with Gasteiger partial charge in [0.15, 0.2) is 23.3 Å². The van der Waals surface area contributed by atoms with Gasteiger partial charge in [-0.1, -0.05) is 20.8 Å². The van der Waals surface area contributed by atoms with Gasteiger partial charge in [-0.15, -0.1) is 0 Å². The van der Waals surface area contributed by atoms with Crippen LogP contribution in [0.4, 0.5) is 23.2 Å². The molecule has 1 nitrogen and oxygen atoms in total. The van der Waals surface area contributed by atoms with E-state index in [9.17, 15) is 17.6 Å². The van der Waals surface area contributed by atoms with Crippen LogP contribution in [0.25, 0.3) is 0 Å². The minimum absolute atomic E-state index is 0.0198. The minimum Gasteiger partial charge on any atom is -0.379 e. The van der Waals surface area contributed by atoms with Crippen molar-refractivity contribution in [3.8, 4) is 0 Å². The molecule has 1 N–H and O–H groups in total. The summed E-state index contributed by atoms with van der Waals surface area (Å²) in [6.07, 6.45) is 0. The van der Waals surface area contributed by atoms with E-state index in [-0.39, 0.29) is 17.4 Å². The molecule has 0 aliphatic heterocycles. The molecular weight excluding hydrogens is 266 g/mol. The van der Waals surface area contributed by atoms with Crippen LogP contribution in [-0.2, 0) is 0 Å². The maximum absolute atomic E-state index is 13.3. The van der Waals surface area contributed by atoms with Gasteiger partial charge in [-0.05, 0) is 0 Å². The van der Waals surface area contributed by atoms with E-state index in [1.165, 1.54) is 0 Å². The number of nitrogens with one attached hydrogen (secondary N) is 1. The molecule has 0 heterocycles. The summed E-state index contributed by atoms with van der Waals surface area (Å²) in [7, 11) is 0. The molecule has 0 aliphatic rings. The van der Waals surface area contributed by atoms with E-state index in [2.05, 4.69) is 5.32 Å². The van der Waals surface area contributed by atoms with Crippen LogP contribution < -0.4 is 5.32 Å². The van der Waals surface area contributed by atoms with Crippen LogP contribution in [-0.4, -0.2) is 17.0 Å². The summed E-state index contributed by atoms with van der Waals surface area (Å²) in [6, 6.07) is 0.194. The highest BCUT2D eigenvalue weighted by atomic mass is 32.2. The van der Waals surface area contributed by atoms with Crippen molar-refractivity contribution in [3.05, 3.63) is 29.3 Å². The van der Waals surface area contributed by atoms with Gasteiger partial charge in [0, 0.05) is 23.1 Å². The molecule has 1 aromatic carbocycles. The van der Waals surface area contributed by atoms with Crippen molar-refractivity contribution in [2.24, 2.45) is 0 Å². The number of benzene rings is 1. The third-order valence-corrected chi connectivity index (χ3v) is 3.32. The molecule has 0 saturated carbocycles. The molecule has 0 unspecified atom stereocenters. The van der Waals surface area contributed by atoms with Gasteiger partial charge >= 0.3 is 0 Å². The molecule has 0 amide bonds. The fourth-order valence-corrected chi connectivity index (χ4v) is 2.08. The number of halogens is 4. The lowest BCUT2D eigenvalue weighted by molar-refractivity contribution is 0.458. The lowest BCUT2D eigenvalue weighted by Gasteiger charge is -2.18. The van der Waals surface area contributed by atoms with Crippen molar-refractivity contribution in [1.82, 2.24) is 0 Å². The summed E-state index contributed by atoms with van der Waals surface area (Å²) in [5.74, 6) is -5.02. The Bertz CT molecular complexity index is 403. The second-order valence-corrected chi connectivity index (χ2v) is 6.65. The van der Waals surface area contributed by atoms with Crippen molar-refractivity contribution in [2.45, 2.75) is 25.5 Å². The first-order valence-electron chi connectivity index (χ1n) is 5.43. The van der Waals surface area contributed by atoms with Crippen LogP contribution >= 0.6 is 11.8 Å². The molecule has 1 aromatic rings. The van der Waals surface area contributed by atoms with Crippen LogP contribution in [0.5, 0.6) is 0 Å². The largest absolute Gasteiger partial charge is 0.379 e. The molecule has 0 radical (unpaired) electrons. The van der Waals surface area contributed by atoms with Crippen LogP contribution in [0.15, 0.2) is 6.07 Å². The lowest BCUT2D eigenvalue weighted by atomic mass is 10.2. The molecule has 0 aliphatic carbocycles. The van der Waals surface area contributed by atoms with Crippen LogP contribution in [0.3, 0.4) is 0 Å². The summed E-state index contributed by atoms with van der Waals surface area (Å²) < 4.78 is 52.3. The van der Waals surface area contributed by atoms with Gasteiger partial charge in [-0.3, -0.25) is 0 Å². The van der Waals surface area contributed by atoms with Crippen molar-refractivity contribution in [2.75, 3.05) is 17.6 Å². The molecule has 0 bridgehead atoms. The predicted molar refractivity (Wildman–Crippen MR) is 67.0 cm³/mol. The first-order chi connectivity index (χ1) is 8.22. The maximum Gasteiger partial charge on any atom is 0.185 e. The highest BCUT2D eigenvalue weighted by molar-refractivity contribution is 8.00. The van der Waals surface area contributed by atoms with Gasteiger partial charge in [0.25, 0.3) is 0 Å². The topological polar surface area (TPSA) is 12.0 Å². The fraction of sp³-hybridized carbons (Fsp3) is 0.500. The third-order valence-electron chi connectivity index (χ3n) is 2.05. The summed E-state index contributed by atoms with van der Waals surface area (Å²) in [6.45, 7) is 6.22. The van der Waals surface area contributed by atoms with E-state index in [1.807, 2.05) is 20.8 Å². The first kappa shape index (κ1) is 15.1. The SMILES string of the molecule is CC(C)(C)SCCNc1c(F)c(F)cc(F)c1F. The summed E-state index contributed by atoms with van der Waals surface area (Å²) in [4.78, 5) is 0. The molecule has 0 spiro atoms. The summed E-state index contributed by atoms with van der Waals surface area (Å²) >= 11 is 1.58. The predicted octanol–water partition coefficient (Wildman–Crippen LogP) is 4.19. The van der Waals surface area contributed by atoms with Crippen molar-refractivity contribution in [1.29, 1.82) is 0 Å².